The third-order valence-corrected chi connectivity index (χ3v) is 5.81. The minimum Gasteiger partial charge on any atom is -0.381 e. The SMILES string of the molecule is O=C(Nc1cc(-c2nc(NCC3CCOCC3)cnc2F)c(Cl)cn1)[C@H]1CNCCOC1. The fraction of sp³-hybridized carbons (Fsp3) is 0.524. The maximum atomic E-state index is 14.6. The number of hydrogen-bond donors (Lipinski definition) is 3. The molecule has 1 amide bonds. The highest BCUT2D eigenvalue weighted by molar-refractivity contribution is 6.33. The molecule has 4 rings (SSSR count). The second-order valence-electron chi connectivity index (χ2n) is 7.85. The van der Waals surface area contributed by atoms with Gasteiger partial charge >= 0.3 is 0 Å². The van der Waals surface area contributed by atoms with Gasteiger partial charge in [0.1, 0.15) is 17.3 Å². The second kappa shape index (κ2) is 11.0. The van der Waals surface area contributed by atoms with Crippen LogP contribution in [0.1, 0.15) is 12.8 Å². The van der Waals surface area contributed by atoms with Gasteiger partial charge in [0.2, 0.25) is 11.9 Å². The van der Waals surface area contributed by atoms with Gasteiger partial charge in [0, 0.05) is 44.6 Å². The van der Waals surface area contributed by atoms with Crippen LogP contribution in [0.2, 0.25) is 5.02 Å². The Kier molecular flexibility index (Phi) is 7.80. The summed E-state index contributed by atoms with van der Waals surface area (Å²) in [5, 5.41) is 9.33. The topological polar surface area (TPSA) is 110 Å². The third-order valence-electron chi connectivity index (χ3n) is 5.51. The predicted octanol–water partition coefficient (Wildman–Crippen LogP) is 2.34. The van der Waals surface area contributed by atoms with E-state index in [4.69, 9.17) is 21.1 Å². The zero-order valence-electron chi connectivity index (χ0n) is 17.6. The van der Waals surface area contributed by atoms with E-state index in [1.165, 1.54) is 18.5 Å². The van der Waals surface area contributed by atoms with E-state index >= 15 is 0 Å². The Labute approximate surface area is 190 Å². The molecule has 0 saturated carbocycles. The van der Waals surface area contributed by atoms with Gasteiger partial charge in [-0.25, -0.2) is 15.0 Å². The number of amides is 1. The first-order valence-electron chi connectivity index (χ1n) is 10.7. The molecule has 0 unspecified atom stereocenters. The Bertz CT molecular complexity index is 936. The summed E-state index contributed by atoms with van der Waals surface area (Å²) in [6.45, 7) is 4.28. The lowest BCUT2D eigenvalue weighted by Crippen LogP contribution is -2.33. The van der Waals surface area contributed by atoms with Crippen molar-refractivity contribution in [2.24, 2.45) is 11.8 Å². The van der Waals surface area contributed by atoms with Crippen LogP contribution >= 0.6 is 11.6 Å². The van der Waals surface area contributed by atoms with Crippen LogP contribution in [0.25, 0.3) is 11.3 Å². The van der Waals surface area contributed by atoms with Gasteiger partial charge in [0.25, 0.3) is 0 Å². The van der Waals surface area contributed by atoms with E-state index in [1.807, 2.05) is 0 Å². The van der Waals surface area contributed by atoms with Crippen LogP contribution in [-0.2, 0) is 14.3 Å². The molecule has 2 aromatic rings. The van der Waals surface area contributed by atoms with E-state index < -0.39 is 5.95 Å². The highest BCUT2D eigenvalue weighted by Crippen LogP contribution is 2.30. The van der Waals surface area contributed by atoms with E-state index in [2.05, 4.69) is 30.9 Å². The quantitative estimate of drug-likeness (QED) is 0.597. The number of nitrogens with zero attached hydrogens (tertiary/aromatic N) is 3. The molecule has 0 radical (unpaired) electrons. The predicted molar refractivity (Wildman–Crippen MR) is 118 cm³/mol. The minimum atomic E-state index is -0.756. The summed E-state index contributed by atoms with van der Waals surface area (Å²) in [6, 6.07) is 1.50. The van der Waals surface area contributed by atoms with E-state index in [0.717, 1.165) is 26.1 Å². The lowest BCUT2D eigenvalue weighted by atomic mass is 10.0. The average Bonchev–Trinajstić information content (AvgIpc) is 3.10. The summed E-state index contributed by atoms with van der Waals surface area (Å²) < 4.78 is 25.4. The average molecular weight is 465 g/mol. The standard InChI is InChI=1S/C21H26ClFN6O3/c22-16-10-26-17(29-21(30)14-9-24-3-6-32-12-14)7-15(16)19-20(23)27-11-18(28-19)25-8-13-1-4-31-5-2-13/h7,10-11,13-14,24H,1-6,8-9,12H2,(H,25,28)(H,26,29,30)/t14-/m0/s1. The number of anilines is 2. The van der Waals surface area contributed by atoms with Crippen molar-refractivity contribution in [2.45, 2.75) is 12.8 Å². The van der Waals surface area contributed by atoms with Crippen LogP contribution in [0.5, 0.6) is 0 Å². The molecule has 2 aromatic heterocycles. The van der Waals surface area contributed by atoms with E-state index in [-0.39, 0.29) is 28.4 Å². The normalized spacial score (nSPS) is 19.9. The molecule has 4 heterocycles. The zero-order valence-corrected chi connectivity index (χ0v) is 18.3. The van der Waals surface area contributed by atoms with Crippen LogP contribution < -0.4 is 16.0 Å². The van der Waals surface area contributed by atoms with Crippen LogP contribution in [0, 0.1) is 17.8 Å². The van der Waals surface area contributed by atoms with Crippen molar-refractivity contribution in [1.29, 1.82) is 0 Å². The number of carbonyl (C=O) groups is 1. The molecule has 11 heteroatoms. The number of nitrogens with one attached hydrogen (secondary N) is 3. The maximum absolute atomic E-state index is 14.6. The monoisotopic (exact) mass is 464 g/mol. The molecule has 0 aromatic carbocycles. The molecule has 2 fully saturated rings. The molecule has 172 valence electrons. The fourth-order valence-corrected chi connectivity index (χ4v) is 3.81. The summed E-state index contributed by atoms with van der Waals surface area (Å²) in [5.74, 6) is -0.180. The molecule has 3 N–H and O–H groups in total. The van der Waals surface area contributed by atoms with E-state index in [9.17, 15) is 9.18 Å². The first-order chi connectivity index (χ1) is 15.6. The number of carbonyl (C=O) groups excluding carboxylic acids is 1. The molecule has 9 nitrogen and oxygen atoms in total. The molecule has 2 aliphatic heterocycles. The first kappa shape index (κ1) is 22.8. The number of ether oxygens (including phenoxy) is 2. The summed E-state index contributed by atoms with van der Waals surface area (Å²) in [6.07, 6.45) is 4.65. The smallest absolute Gasteiger partial charge is 0.239 e. The van der Waals surface area contributed by atoms with Crippen molar-refractivity contribution in [3.05, 3.63) is 29.4 Å². The second-order valence-corrected chi connectivity index (χ2v) is 8.25. The molecular formula is C21H26ClFN6O3. The Balaban J connectivity index is 1.49. The van der Waals surface area contributed by atoms with Crippen molar-refractivity contribution in [3.63, 3.8) is 0 Å². The highest BCUT2D eigenvalue weighted by Gasteiger charge is 2.22. The number of pyridine rings is 1. The lowest BCUT2D eigenvalue weighted by molar-refractivity contribution is -0.121. The lowest BCUT2D eigenvalue weighted by Gasteiger charge is -2.22. The van der Waals surface area contributed by atoms with Gasteiger partial charge in [-0.3, -0.25) is 4.79 Å². The van der Waals surface area contributed by atoms with Crippen LogP contribution in [0.15, 0.2) is 18.5 Å². The van der Waals surface area contributed by atoms with Gasteiger partial charge in [0.05, 0.1) is 30.4 Å². The molecule has 2 saturated heterocycles. The number of hydrogen-bond acceptors (Lipinski definition) is 8. The highest BCUT2D eigenvalue weighted by atomic mass is 35.5. The van der Waals surface area contributed by atoms with Gasteiger partial charge in [0.15, 0.2) is 0 Å². The molecule has 0 spiro atoms. The van der Waals surface area contributed by atoms with Crippen molar-refractivity contribution in [3.8, 4) is 11.3 Å². The first-order valence-corrected chi connectivity index (χ1v) is 11.1. The molecule has 1 atom stereocenters. The zero-order chi connectivity index (χ0) is 22.3. The van der Waals surface area contributed by atoms with E-state index in [0.29, 0.717) is 50.1 Å². The molecular weight excluding hydrogens is 439 g/mol. The van der Waals surface area contributed by atoms with Gasteiger partial charge in [-0.15, -0.1) is 0 Å². The van der Waals surface area contributed by atoms with Gasteiger partial charge in [-0.05, 0) is 24.8 Å². The summed E-state index contributed by atoms with van der Waals surface area (Å²) in [5.41, 5.74) is 0.288. The van der Waals surface area contributed by atoms with Gasteiger partial charge in [-0.2, -0.15) is 4.39 Å². The van der Waals surface area contributed by atoms with Crippen LogP contribution in [-0.4, -0.2) is 66.9 Å². The number of rotatable bonds is 6. The van der Waals surface area contributed by atoms with Gasteiger partial charge in [-0.1, -0.05) is 11.6 Å². The van der Waals surface area contributed by atoms with Crippen LogP contribution in [0.4, 0.5) is 16.0 Å². The summed E-state index contributed by atoms with van der Waals surface area (Å²) in [4.78, 5) is 24.9. The number of aromatic nitrogens is 3. The third kappa shape index (κ3) is 5.89. The maximum Gasteiger partial charge on any atom is 0.239 e. The van der Waals surface area contributed by atoms with Crippen molar-refractivity contribution in [2.75, 3.05) is 56.7 Å². The molecule has 32 heavy (non-hydrogen) atoms. The fourth-order valence-electron chi connectivity index (χ4n) is 3.62. The van der Waals surface area contributed by atoms with Gasteiger partial charge < -0.3 is 25.4 Å². The van der Waals surface area contributed by atoms with Crippen molar-refractivity contribution >= 4 is 29.1 Å². The Morgan fingerprint density at radius 2 is 2.03 bits per heavy atom. The molecule has 0 aliphatic carbocycles. The summed E-state index contributed by atoms with van der Waals surface area (Å²) >= 11 is 6.29. The largest absolute Gasteiger partial charge is 0.381 e. The van der Waals surface area contributed by atoms with Crippen molar-refractivity contribution in [1.82, 2.24) is 20.3 Å². The van der Waals surface area contributed by atoms with Crippen molar-refractivity contribution < 1.29 is 18.7 Å². The number of halogens is 2. The molecule has 2 aliphatic rings. The van der Waals surface area contributed by atoms with Crippen LogP contribution in [0.3, 0.4) is 0 Å². The Morgan fingerprint density at radius 3 is 2.88 bits per heavy atom. The summed E-state index contributed by atoms with van der Waals surface area (Å²) in [7, 11) is 0. The minimum absolute atomic E-state index is 0.00987. The Morgan fingerprint density at radius 1 is 1.19 bits per heavy atom. The molecule has 0 bridgehead atoms. The Hall–Kier alpha value is -2.40. The van der Waals surface area contributed by atoms with E-state index in [1.54, 1.807) is 0 Å².